The van der Waals surface area contributed by atoms with Gasteiger partial charge in [0.2, 0.25) is 5.91 Å². The van der Waals surface area contributed by atoms with Crippen molar-refractivity contribution in [2.75, 3.05) is 12.4 Å². The van der Waals surface area contributed by atoms with E-state index in [4.69, 9.17) is 4.74 Å². The largest absolute Gasteiger partial charge is 0.493 e. The molecule has 104 valence electrons. The summed E-state index contributed by atoms with van der Waals surface area (Å²) in [7, 11) is 1.55. The second-order valence-corrected chi connectivity index (χ2v) is 4.37. The lowest BCUT2D eigenvalue weighted by molar-refractivity contribution is -0.116. The number of carbonyl (C=O) groups is 1. The van der Waals surface area contributed by atoms with E-state index in [0.29, 0.717) is 24.4 Å². The molecule has 2 aromatic heterocycles. The Hall–Kier alpha value is -2.43. The van der Waals surface area contributed by atoms with Gasteiger partial charge in [-0.25, -0.2) is 4.98 Å². The summed E-state index contributed by atoms with van der Waals surface area (Å²) in [4.78, 5) is 20.4. The SMILES string of the molecule is COc1ccc(C)nc1NC(=O)CCc1ccccn1. The van der Waals surface area contributed by atoms with Gasteiger partial charge in [-0.3, -0.25) is 9.78 Å². The van der Waals surface area contributed by atoms with Gasteiger partial charge in [0.25, 0.3) is 0 Å². The van der Waals surface area contributed by atoms with Crippen LogP contribution in [-0.2, 0) is 11.2 Å². The number of ether oxygens (including phenoxy) is 1. The molecule has 0 spiro atoms. The first-order chi connectivity index (χ1) is 9.69. The van der Waals surface area contributed by atoms with Crippen LogP contribution in [0.5, 0.6) is 5.75 Å². The molecule has 0 saturated heterocycles. The number of nitrogens with one attached hydrogen (secondary N) is 1. The van der Waals surface area contributed by atoms with E-state index in [1.807, 2.05) is 31.2 Å². The first-order valence-electron chi connectivity index (χ1n) is 6.40. The topological polar surface area (TPSA) is 64.1 Å². The van der Waals surface area contributed by atoms with Crippen LogP contribution in [0.25, 0.3) is 0 Å². The van der Waals surface area contributed by atoms with Gasteiger partial charge < -0.3 is 10.1 Å². The second-order valence-electron chi connectivity index (χ2n) is 4.37. The van der Waals surface area contributed by atoms with Crippen LogP contribution >= 0.6 is 0 Å². The number of carbonyl (C=O) groups excluding carboxylic acids is 1. The molecule has 0 aliphatic carbocycles. The van der Waals surface area contributed by atoms with E-state index in [-0.39, 0.29) is 5.91 Å². The van der Waals surface area contributed by atoms with Gasteiger partial charge in [0.05, 0.1) is 7.11 Å². The lowest BCUT2D eigenvalue weighted by Crippen LogP contribution is -2.14. The highest BCUT2D eigenvalue weighted by atomic mass is 16.5. The summed E-state index contributed by atoms with van der Waals surface area (Å²) in [5, 5.41) is 2.77. The zero-order valence-corrected chi connectivity index (χ0v) is 11.6. The molecule has 0 fully saturated rings. The van der Waals surface area contributed by atoms with Crippen LogP contribution in [0.4, 0.5) is 5.82 Å². The molecule has 0 unspecified atom stereocenters. The van der Waals surface area contributed by atoms with E-state index in [1.54, 1.807) is 19.4 Å². The number of nitrogens with zero attached hydrogens (tertiary/aromatic N) is 2. The minimum atomic E-state index is -0.105. The minimum Gasteiger partial charge on any atom is -0.493 e. The zero-order chi connectivity index (χ0) is 14.4. The van der Waals surface area contributed by atoms with Gasteiger partial charge in [0.15, 0.2) is 11.6 Å². The number of aromatic nitrogens is 2. The van der Waals surface area contributed by atoms with Gasteiger partial charge in [-0.05, 0) is 37.6 Å². The Morgan fingerprint density at radius 1 is 1.30 bits per heavy atom. The molecule has 0 aromatic carbocycles. The van der Waals surface area contributed by atoms with E-state index < -0.39 is 0 Å². The monoisotopic (exact) mass is 271 g/mol. The van der Waals surface area contributed by atoms with E-state index in [0.717, 1.165) is 11.4 Å². The number of amides is 1. The Kier molecular flexibility index (Phi) is 4.65. The molecule has 2 rings (SSSR count). The molecular weight excluding hydrogens is 254 g/mol. The van der Waals surface area contributed by atoms with Crippen LogP contribution in [-0.4, -0.2) is 23.0 Å². The molecule has 1 N–H and O–H groups in total. The number of hydrogen-bond donors (Lipinski definition) is 1. The van der Waals surface area contributed by atoms with Crippen molar-refractivity contribution in [3.05, 3.63) is 47.9 Å². The van der Waals surface area contributed by atoms with E-state index >= 15 is 0 Å². The van der Waals surface area contributed by atoms with Crippen LogP contribution in [0.3, 0.4) is 0 Å². The molecule has 0 aliphatic heterocycles. The quantitative estimate of drug-likeness (QED) is 0.906. The molecule has 0 saturated carbocycles. The molecule has 0 radical (unpaired) electrons. The van der Waals surface area contributed by atoms with Crippen molar-refractivity contribution in [2.24, 2.45) is 0 Å². The Labute approximate surface area is 118 Å². The van der Waals surface area contributed by atoms with Gasteiger partial charge in [-0.2, -0.15) is 0 Å². The van der Waals surface area contributed by atoms with Crippen molar-refractivity contribution >= 4 is 11.7 Å². The van der Waals surface area contributed by atoms with Crippen LogP contribution in [0.1, 0.15) is 17.8 Å². The standard InChI is InChI=1S/C15H17N3O2/c1-11-6-8-13(20-2)15(17-11)18-14(19)9-7-12-5-3-4-10-16-12/h3-6,8,10H,7,9H2,1-2H3,(H,17,18,19). The number of aryl methyl sites for hydroxylation is 2. The molecule has 5 nitrogen and oxygen atoms in total. The molecule has 0 atom stereocenters. The maximum atomic E-state index is 11.9. The number of methoxy groups -OCH3 is 1. The lowest BCUT2D eigenvalue weighted by Gasteiger charge is -2.09. The zero-order valence-electron chi connectivity index (χ0n) is 11.6. The fraction of sp³-hybridized carbons (Fsp3) is 0.267. The Balaban J connectivity index is 1.96. The molecule has 2 aromatic rings. The van der Waals surface area contributed by atoms with Crippen molar-refractivity contribution in [3.63, 3.8) is 0 Å². The summed E-state index contributed by atoms with van der Waals surface area (Å²) in [6, 6.07) is 9.29. The van der Waals surface area contributed by atoms with Crippen LogP contribution in [0.15, 0.2) is 36.5 Å². The third-order valence-corrected chi connectivity index (χ3v) is 2.81. The predicted molar refractivity (Wildman–Crippen MR) is 76.7 cm³/mol. The normalized spacial score (nSPS) is 10.1. The second kappa shape index (κ2) is 6.65. The molecule has 5 heteroatoms. The predicted octanol–water partition coefficient (Wildman–Crippen LogP) is 2.36. The van der Waals surface area contributed by atoms with Crippen LogP contribution in [0, 0.1) is 6.92 Å². The smallest absolute Gasteiger partial charge is 0.226 e. The Morgan fingerprint density at radius 2 is 2.15 bits per heavy atom. The molecule has 2 heterocycles. The summed E-state index contributed by atoms with van der Waals surface area (Å²) >= 11 is 0. The summed E-state index contributed by atoms with van der Waals surface area (Å²) in [6.45, 7) is 1.86. The highest BCUT2D eigenvalue weighted by molar-refractivity contribution is 5.91. The maximum absolute atomic E-state index is 11.9. The molecule has 0 aliphatic rings. The Morgan fingerprint density at radius 3 is 2.85 bits per heavy atom. The van der Waals surface area contributed by atoms with Crippen molar-refractivity contribution in [2.45, 2.75) is 19.8 Å². The minimum absolute atomic E-state index is 0.105. The average Bonchev–Trinajstić information content (AvgIpc) is 2.46. The van der Waals surface area contributed by atoms with Crippen molar-refractivity contribution in [1.82, 2.24) is 9.97 Å². The first kappa shape index (κ1) is 14.0. The van der Waals surface area contributed by atoms with Gasteiger partial charge in [-0.15, -0.1) is 0 Å². The molecule has 20 heavy (non-hydrogen) atoms. The third-order valence-electron chi connectivity index (χ3n) is 2.81. The van der Waals surface area contributed by atoms with Crippen molar-refractivity contribution < 1.29 is 9.53 Å². The van der Waals surface area contributed by atoms with E-state index in [2.05, 4.69) is 15.3 Å². The number of hydrogen-bond acceptors (Lipinski definition) is 4. The summed E-state index contributed by atoms with van der Waals surface area (Å²) in [5.41, 5.74) is 1.72. The first-order valence-corrected chi connectivity index (χ1v) is 6.40. The van der Waals surface area contributed by atoms with Gasteiger partial charge in [-0.1, -0.05) is 6.07 Å². The number of rotatable bonds is 5. The van der Waals surface area contributed by atoms with E-state index in [1.165, 1.54) is 0 Å². The highest BCUT2D eigenvalue weighted by Gasteiger charge is 2.09. The van der Waals surface area contributed by atoms with Gasteiger partial charge >= 0.3 is 0 Å². The summed E-state index contributed by atoms with van der Waals surface area (Å²) < 4.78 is 5.17. The summed E-state index contributed by atoms with van der Waals surface area (Å²) in [5.74, 6) is 0.910. The van der Waals surface area contributed by atoms with E-state index in [9.17, 15) is 4.79 Å². The number of pyridine rings is 2. The summed E-state index contributed by atoms with van der Waals surface area (Å²) in [6.07, 6.45) is 2.68. The highest BCUT2D eigenvalue weighted by Crippen LogP contribution is 2.21. The molecular formula is C15H17N3O2. The fourth-order valence-corrected chi connectivity index (χ4v) is 1.78. The molecule has 0 bridgehead atoms. The van der Waals surface area contributed by atoms with Crippen LogP contribution in [0.2, 0.25) is 0 Å². The average molecular weight is 271 g/mol. The number of anilines is 1. The van der Waals surface area contributed by atoms with Crippen molar-refractivity contribution in [1.29, 1.82) is 0 Å². The lowest BCUT2D eigenvalue weighted by atomic mass is 10.2. The maximum Gasteiger partial charge on any atom is 0.226 e. The van der Waals surface area contributed by atoms with Crippen molar-refractivity contribution in [3.8, 4) is 5.75 Å². The molecule has 1 amide bonds. The van der Waals surface area contributed by atoms with Gasteiger partial charge in [0, 0.05) is 24.0 Å². The Bertz CT molecular complexity index is 585. The third kappa shape index (κ3) is 3.78. The van der Waals surface area contributed by atoms with Crippen LogP contribution < -0.4 is 10.1 Å². The fourth-order valence-electron chi connectivity index (χ4n) is 1.78. The van der Waals surface area contributed by atoms with Gasteiger partial charge in [0.1, 0.15) is 0 Å².